The van der Waals surface area contributed by atoms with E-state index in [2.05, 4.69) is 32.6 Å². The fraction of sp³-hybridized carbons (Fsp3) is 1.00. The van der Waals surface area contributed by atoms with Gasteiger partial charge in [-0.05, 0) is 24.8 Å². The van der Waals surface area contributed by atoms with Crippen molar-refractivity contribution in [2.75, 3.05) is 13.1 Å². The van der Waals surface area contributed by atoms with Gasteiger partial charge in [-0.1, -0.05) is 47.0 Å². The van der Waals surface area contributed by atoms with Gasteiger partial charge >= 0.3 is 0 Å². The van der Waals surface area contributed by atoms with E-state index in [0.717, 1.165) is 19.1 Å². The molecule has 0 radical (unpaired) electrons. The lowest BCUT2D eigenvalue weighted by Gasteiger charge is -2.44. The number of nitrogens with two attached hydrogens (primary N) is 1. The molecule has 0 amide bonds. The Morgan fingerprint density at radius 3 is 2.12 bits per heavy atom. The van der Waals surface area contributed by atoms with E-state index in [4.69, 9.17) is 5.73 Å². The zero-order chi connectivity index (χ0) is 12.2. The lowest BCUT2D eigenvalue weighted by atomic mass is 9.83. The first-order valence-electron chi connectivity index (χ1n) is 6.96. The van der Waals surface area contributed by atoms with Crippen LogP contribution in [0.5, 0.6) is 0 Å². The molecule has 0 aliphatic heterocycles. The van der Waals surface area contributed by atoms with Gasteiger partial charge in [-0.15, -0.1) is 0 Å². The van der Waals surface area contributed by atoms with Gasteiger partial charge in [0.1, 0.15) is 0 Å². The molecule has 0 aromatic rings. The van der Waals surface area contributed by atoms with Crippen LogP contribution in [0.1, 0.15) is 59.8 Å². The third-order valence-electron chi connectivity index (χ3n) is 4.03. The van der Waals surface area contributed by atoms with Gasteiger partial charge in [-0.3, -0.25) is 4.90 Å². The van der Waals surface area contributed by atoms with Gasteiger partial charge in [0.2, 0.25) is 0 Å². The maximum atomic E-state index is 6.00. The minimum Gasteiger partial charge on any atom is -0.329 e. The highest BCUT2D eigenvalue weighted by atomic mass is 15.2. The van der Waals surface area contributed by atoms with Gasteiger partial charge in [0, 0.05) is 18.6 Å². The lowest BCUT2D eigenvalue weighted by molar-refractivity contribution is 0.0511. The van der Waals surface area contributed by atoms with E-state index in [1.54, 1.807) is 0 Å². The molecule has 2 heteroatoms. The summed E-state index contributed by atoms with van der Waals surface area (Å²) >= 11 is 0. The molecule has 1 unspecified atom stereocenters. The van der Waals surface area contributed by atoms with Crippen molar-refractivity contribution in [3.63, 3.8) is 0 Å². The zero-order valence-corrected chi connectivity index (χ0v) is 11.6. The third-order valence-corrected chi connectivity index (χ3v) is 4.03. The van der Waals surface area contributed by atoms with Crippen LogP contribution in [-0.2, 0) is 0 Å². The average Bonchev–Trinajstić information content (AvgIpc) is 2.25. The van der Waals surface area contributed by atoms with Crippen LogP contribution in [0.15, 0.2) is 0 Å². The molecule has 1 saturated carbocycles. The second-order valence-electron chi connectivity index (χ2n) is 6.24. The topological polar surface area (TPSA) is 29.3 Å². The van der Waals surface area contributed by atoms with Crippen molar-refractivity contribution in [3.05, 3.63) is 0 Å². The maximum absolute atomic E-state index is 6.00. The van der Waals surface area contributed by atoms with E-state index in [-0.39, 0.29) is 0 Å². The number of rotatable bonds is 4. The van der Waals surface area contributed by atoms with Crippen LogP contribution >= 0.6 is 0 Å². The average molecular weight is 226 g/mol. The smallest absolute Gasteiger partial charge is 0.0269 e. The summed E-state index contributed by atoms with van der Waals surface area (Å²) in [5.74, 6) is 0. The Balaban J connectivity index is 2.69. The first-order chi connectivity index (χ1) is 7.50. The lowest BCUT2D eigenvalue weighted by Crippen LogP contribution is -2.53. The number of likely N-dealkylation sites (N-methyl/N-ethyl adjacent to an activating group) is 1. The fourth-order valence-corrected chi connectivity index (χ4v) is 3.13. The minimum atomic E-state index is 0.294. The summed E-state index contributed by atoms with van der Waals surface area (Å²) in [5.41, 5.74) is 6.29. The molecule has 1 fully saturated rings. The molecule has 0 saturated heterocycles. The van der Waals surface area contributed by atoms with Gasteiger partial charge < -0.3 is 5.73 Å². The van der Waals surface area contributed by atoms with Gasteiger partial charge in [0.05, 0.1) is 0 Å². The Kier molecular flexibility index (Phi) is 5.26. The second-order valence-corrected chi connectivity index (χ2v) is 6.24. The Hall–Kier alpha value is -0.0800. The van der Waals surface area contributed by atoms with Crippen LogP contribution < -0.4 is 5.73 Å². The standard InChI is InChI=1S/C14H30N2/c1-5-16(12-9-7-6-8-10-12)13(11-15)14(2,3)4/h12-13H,5-11,15H2,1-4H3. The fourth-order valence-electron chi connectivity index (χ4n) is 3.13. The normalized spacial score (nSPS) is 21.4. The molecule has 1 rings (SSSR count). The summed E-state index contributed by atoms with van der Waals surface area (Å²) in [4.78, 5) is 2.67. The molecule has 0 aromatic carbocycles. The van der Waals surface area contributed by atoms with Crippen LogP contribution in [0.4, 0.5) is 0 Å². The van der Waals surface area contributed by atoms with Crippen LogP contribution in [-0.4, -0.2) is 30.1 Å². The van der Waals surface area contributed by atoms with E-state index >= 15 is 0 Å². The SMILES string of the molecule is CCN(C1CCCCC1)C(CN)C(C)(C)C. The molecular formula is C14H30N2. The van der Waals surface area contributed by atoms with Gasteiger partial charge in [-0.2, -0.15) is 0 Å². The molecule has 1 aliphatic carbocycles. The zero-order valence-electron chi connectivity index (χ0n) is 11.6. The van der Waals surface area contributed by atoms with E-state index in [1.165, 1.54) is 32.1 Å². The van der Waals surface area contributed by atoms with E-state index < -0.39 is 0 Å². The van der Waals surface area contributed by atoms with Gasteiger partial charge in [0.15, 0.2) is 0 Å². The molecular weight excluding hydrogens is 196 g/mol. The minimum absolute atomic E-state index is 0.294. The molecule has 0 bridgehead atoms. The van der Waals surface area contributed by atoms with Crippen molar-refractivity contribution in [1.29, 1.82) is 0 Å². The van der Waals surface area contributed by atoms with Crippen molar-refractivity contribution < 1.29 is 0 Å². The molecule has 16 heavy (non-hydrogen) atoms. The van der Waals surface area contributed by atoms with Crippen molar-refractivity contribution >= 4 is 0 Å². The molecule has 0 aromatic heterocycles. The highest BCUT2D eigenvalue weighted by molar-refractivity contribution is 4.88. The highest BCUT2D eigenvalue weighted by Gasteiger charge is 2.32. The van der Waals surface area contributed by atoms with E-state index in [0.29, 0.717) is 11.5 Å². The van der Waals surface area contributed by atoms with Gasteiger partial charge in [-0.25, -0.2) is 0 Å². The molecule has 1 aliphatic rings. The monoisotopic (exact) mass is 226 g/mol. The predicted octanol–water partition coefficient (Wildman–Crippen LogP) is 3.01. The summed E-state index contributed by atoms with van der Waals surface area (Å²) < 4.78 is 0. The first-order valence-corrected chi connectivity index (χ1v) is 6.96. The Morgan fingerprint density at radius 1 is 1.19 bits per heavy atom. The van der Waals surface area contributed by atoms with Crippen LogP contribution in [0.3, 0.4) is 0 Å². The summed E-state index contributed by atoms with van der Waals surface area (Å²) in [6, 6.07) is 1.31. The largest absolute Gasteiger partial charge is 0.329 e. The van der Waals surface area contributed by atoms with Crippen molar-refractivity contribution in [2.24, 2.45) is 11.1 Å². The second kappa shape index (κ2) is 6.02. The molecule has 0 heterocycles. The summed E-state index contributed by atoms with van der Waals surface area (Å²) in [6.07, 6.45) is 6.99. The summed E-state index contributed by atoms with van der Waals surface area (Å²) in [7, 11) is 0. The Labute approximate surface area is 102 Å². The third kappa shape index (κ3) is 3.46. The van der Waals surface area contributed by atoms with Crippen molar-refractivity contribution in [2.45, 2.75) is 71.9 Å². The van der Waals surface area contributed by atoms with Crippen LogP contribution in [0, 0.1) is 5.41 Å². The highest BCUT2D eigenvalue weighted by Crippen LogP contribution is 2.30. The van der Waals surface area contributed by atoms with Gasteiger partial charge in [0.25, 0.3) is 0 Å². The molecule has 2 nitrogen and oxygen atoms in total. The first kappa shape index (κ1) is 14.0. The van der Waals surface area contributed by atoms with Crippen molar-refractivity contribution in [1.82, 2.24) is 4.90 Å². The molecule has 0 spiro atoms. The number of hydrogen-bond acceptors (Lipinski definition) is 2. The summed E-state index contributed by atoms with van der Waals surface area (Å²) in [5, 5.41) is 0. The van der Waals surface area contributed by atoms with Crippen LogP contribution in [0.2, 0.25) is 0 Å². The Bertz CT molecular complexity index is 189. The van der Waals surface area contributed by atoms with E-state index in [1.807, 2.05) is 0 Å². The molecule has 96 valence electrons. The predicted molar refractivity (Wildman–Crippen MR) is 71.6 cm³/mol. The van der Waals surface area contributed by atoms with E-state index in [9.17, 15) is 0 Å². The quantitative estimate of drug-likeness (QED) is 0.798. The number of nitrogens with zero attached hydrogens (tertiary/aromatic N) is 1. The maximum Gasteiger partial charge on any atom is 0.0269 e. The summed E-state index contributed by atoms with van der Waals surface area (Å²) in [6.45, 7) is 11.2. The molecule has 2 N–H and O–H groups in total. The van der Waals surface area contributed by atoms with Crippen molar-refractivity contribution in [3.8, 4) is 0 Å². The molecule has 1 atom stereocenters. The number of hydrogen-bond donors (Lipinski definition) is 1. The Morgan fingerprint density at radius 2 is 1.75 bits per heavy atom. The van der Waals surface area contributed by atoms with Crippen LogP contribution in [0.25, 0.3) is 0 Å².